The van der Waals surface area contributed by atoms with Gasteiger partial charge in [0.2, 0.25) is 0 Å². The molecule has 128 valence electrons. The topological polar surface area (TPSA) is 59.0 Å². The predicted molar refractivity (Wildman–Crippen MR) is 100 cm³/mol. The monoisotopic (exact) mass is 334 g/mol. The molecule has 5 nitrogen and oxygen atoms in total. The van der Waals surface area contributed by atoms with Gasteiger partial charge in [-0.25, -0.2) is 9.48 Å². The highest BCUT2D eigenvalue weighted by Gasteiger charge is 2.14. The van der Waals surface area contributed by atoms with Crippen LogP contribution in [0.3, 0.4) is 0 Å². The maximum absolute atomic E-state index is 12.2. The molecule has 2 N–H and O–H groups in total. The van der Waals surface area contributed by atoms with Crippen molar-refractivity contribution < 1.29 is 4.79 Å². The van der Waals surface area contributed by atoms with Gasteiger partial charge < -0.3 is 10.6 Å². The van der Waals surface area contributed by atoms with Crippen molar-refractivity contribution in [2.24, 2.45) is 0 Å². The molecule has 0 unspecified atom stereocenters. The summed E-state index contributed by atoms with van der Waals surface area (Å²) in [5.74, 6) is 0. The van der Waals surface area contributed by atoms with Crippen LogP contribution in [0.1, 0.15) is 22.5 Å². The smallest absolute Gasteiger partial charge is 0.319 e. The van der Waals surface area contributed by atoms with Crippen LogP contribution < -0.4 is 10.6 Å². The summed E-state index contributed by atoms with van der Waals surface area (Å²) in [4.78, 5) is 12.2. The van der Waals surface area contributed by atoms with Gasteiger partial charge >= 0.3 is 6.03 Å². The van der Waals surface area contributed by atoms with E-state index in [2.05, 4.69) is 15.7 Å². The molecule has 3 aromatic rings. The Labute approximate surface area is 147 Å². The van der Waals surface area contributed by atoms with Crippen LogP contribution in [0.25, 0.3) is 5.69 Å². The van der Waals surface area contributed by atoms with Crippen LogP contribution in [0.4, 0.5) is 10.5 Å². The van der Waals surface area contributed by atoms with Gasteiger partial charge in [0.15, 0.2) is 0 Å². The van der Waals surface area contributed by atoms with E-state index in [0.717, 1.165) is 28.3 Å². The standard InChI is InChI=1S/C20H22N4O/c1-14-9-11-17(12-10-14)13-21-20(25)22-19-15(2)23-24(16(19)3)18-7-5-4-6-8-18/h4-12H,13H2,1-3H3,(H2,21,22,25). The summed E-state index contributed by atoms with van der Waals surface area (Å²) in [7, 11) is 0. The van der Waals surface area contributed by atoms with Crippen LogP contribution in [0.15, 0.2) is 54.6 Å². The van der Waals surface area contributed by atoms with Crippen molar-refractivity contribution in [3.8, 4) is 5.69 Å². The number of nitrogens with one attached hydrogen (secondary N) is 2. The van der Waals surface area contributed by atoms with Gasteiger partial charge in [-0.2, -0.15) is 5.10 Å². The maximum atomic E-state index is 12.2. The molecule has 1 aromatic heterocycles. The number of aryl methyl sites for hydroxylation is 2. The normalized spacial score (nSPS) is 10.5. The van der Waals surface area contributed by atoms with Gasteiger partial charge in [0.1, 0.15) is 0 Å². The van der Waals surface area contributed by atoms with Crippen LogP contribution >= 0.6 is 0 Å². The SMILES string of the molecule is Cc1ccc(CNC(=O)Nc2c(C)nn(-c3ccccc3)c2C)cc1. The molecular formula is C20H22N4O. The Balaban J connectivity index is 1.69. The summed E-state index contributed by atoms with van der Waals surface area (Å²) >= 11 is 0. The number of urea groups is 1. The number of hydrogen-bond acceptors (Lipinski definition) is 2. The van der Waals surface area contributed by atoms with Crippen LogP contribution in [0.5, 0.6) is 0 Å². The highest BCUT2D eigenvalue weighted by molar-refractivity contribution is 5.90. The number of anilines is 1. The number of carbonyl (C=O) groups excluding carboxylic acids is 1. The Kier molecular flexibility index (Phi) is 4.84. The zero-order valence-electron chi connectivity index (χ0n) is 14.7. The third kappa shape index (κ3) is 3.88. The van der Waals surface area contributed by atoms with Crippen molar-refractivity contribution in [3.05, 3.63) is 77.1 Å². The molecule has 2 amide bonds. The molecule has 0 saturated carbocycles. The molecule has 3 rings (SSSR count). The summed E-state index contributed by atoms with van der Waals surface area (Å²) in [5.41, 5.74) is 5.66. The van der Waals surface area contributed by atoms with Crippen LogP contribution in [0, 0.1) is 20.8 Å². The second-order valence-corrected chi connectivity index (χ2v) is 6.09. The number of amides is 2. The van der Waals surface area contributed by atoms with Crippen molar-refractivity contribution in [3.63, 3.8) is 0 Å². The summed E-state index contributed by atoms with van der Waals surface area (Å²) in [6.45, 7) is 6.36. The number of rotatable bonds is 4. The second-order valence-electron chi connectivity index (χ2n) is 6.09. The van der Waals surface area contributed by atoms with Crippen LogP contribution in [0.2, 0.25) is 0 Å². The molecule has 5 heteroatoms. The fourth-order valence-corrected chi connectivity index (χ4v) is 2.69. The Bertz CT molecular complexity index is 867. The minimum atomic E-state index is -0.237. The minimum absolute atomic E-state index is 0.237. The first-order valence-electron chi connectivity index (χ1n) is 8.26. The van der Waals surface area contributed by atoms with Crippen molar-refractivity contribution in [1.29, 1.82) is 0 Å². The zero-order chi connectivity index (χ0) is 17.8. The van der Waals surface area contributed by atoms with E-state index in [1.807, 2.05) is 80.1 Å². The average molecular weight is 334 g/mol. The van der Waals surface area contributed by atoms with E-state index in [1.54, 1.807) is 0 Å². The maximum Gasteiger partial charge on any atom is 0.319 e. The zero-order valence-corrected chi connectivity index (χ0v) is 14.7. The Morgan fingerprint density at radius 3 is 2.36 bits per heavy atom. The predicted octanol–water partition coefficient (Wildman–Crippen LogP) is 4.12. The Hall–Kier alpha value is -3.08. The molecule has 2 aromatic carbocycles. The van der Waals surface area contributed by atoms with E-state index in [-0.39, 0.29) is 6.03 Å². The highest BCUT2D eigenvalue weighted by Crippen LogP contribution is 2.22. The summed E-state index contributed by atoms with van der Waals surface area (Å²) < 4.78 is 1.84. The van der Waals surface area contributed by atoms with Gasteiger partial charge in [-0.3, -0.25) is 0 Å². The largest absolute Gasteiger partial charge is 0.334 e. The number of aromatic nitrogens is 2. The van der Waals surface area contributed by atoms with Gasteiger partial charge in [-0.15, -0.1) is 0 Å². The van der Waals surface area contributed by atoms with Gasteiger partial charge in [-0.05, 0) is 38.5 Å². The van der Waals surface area contributed by atoms with E-state index in [0.29, 0.717) is 6.54 Å². The Morgan fingerprint density at radius 2 is 1.68 bits per heavy atom. The molecular weight excluding hydrogens is 312 g/mol. The van der Waals surface area contributed by atoms with Gasteiger partial charge in [-0.1, -0.05) is 48.0 Å². The molecule has 0 fully saturated rings. The van der Waals surface area contributed by atoms with E-state index >= 15 is 0 Å². The lowest BCUT2D eigenvalue weighted by Crippen LogP contribution is -2.28. The lowest BCUT2D eigenvalue weighted by Gasteiger charge is -2.09. The second kappa shape index (κ2) is 7.21. The molecule has 0 atom stereocenters. The van der Waals surface area contributed by atoms with Crippen molar-refractivity contribution in [1.82, 2.24) is 15.1 Å². The number of nitrogens with zero attached hydrogens (tertiary/aromatic N) is 2. The first-order chi connectivity index (χ1) is 12.0. The quantitative estimate of drug-likeness (QED) is 0.754. The molecule has 0 spiro atoms. The van der Waals surface area contributed by atoms with Gasteiger partial charge in [0.05, 0.1) is 22.8 Å². The molecule has 25 heavy (non-hydrogen) atoms. The number of benzene rings is 2. The molecule has 0 aliphatic carbocycles. The summed E-state index contributed by atoms with van der Waals surface area (Å²) in [5, 5.41) is 10.3. The van der Waals surface area contributed by atoms with E-state index in [9.17, 15) is 4.79 Å². The minimum Gasteiger partial charge on any atom is -0.334 e. The average Bonchev–Trinajstić information content (AvgIpc) is 2.90. The van der Waals surface area contributed by atoms with Crippen molar-refractivity contribution in [2.75, 3.05) is 5.32 Å². The van der Waals surface area contributed by atoms with Crippen molar-refractivity contribution in [2.45, 2.75) is 27.3 Å². The van der Waals surface area contributed by atoms with E-state index in [4.69, 9.17) is 0 Å². The third-order valence-corrected chi connectivity index (χ3v) is 4.10. The highest BCUT2D eigenvalue weighted by atomic mass is 16.2. The fraction of sp³-hybridized carbons (Fsp3) is 0.200. The van der Waals surface area contributed by atoms with Gasteiger partial charge in [0.25, 0.3) is 0 Å². The Morgan fingerprint density at radius 1 is 1.00 bits per heavy atom. The number of carbonyl (C=O) groups is 1. The van der Waals surface area contributed by atoms with E-state index in [1.165, 1.54) is 5.56 Å². The lowest BCUT2D eigenvalue weighted by atomic mass is 10.1. The molecule has 0 radical (unpaired) electrons. The molecule has 0 saturated heterocycles. The molecule has 1 heterocycles. The number of para-hydroxylation sites is 1. The number of hydrogen-bond donors (Lipinski definition) is 2. The summed E-state index contributed by atoms with van der Waals surface area (Å²) in [6.07, 6.45) is 0. The van der Waals surface area contributed by atoms with E-state index < -0.39 is 0 Å². The first-order valence-corrected chi connectivity index (χ1v) is 8.26. The first kappa shape index (κ1) is 16.8. The third-order valence-electron chi connectivity index (χ3n) is 4.10. The summed E-state index contributed by atoms with van der Waals surface area (Å²) in [6, 6.07) is 17.7. The molecule has 0 aliphatic heterocycles. The molecule has 0 bridgehead atoms. The van der Waals surface area contributed by atoms with Gasteiger partial charge in [0, 0.05) is 6.54 Å². The fourth-order valence-electron chi connectivity index (χ4n) is 2.69. The van der Waals surface area contributed by atoms with Crippen molar-refractivity contribution >= 4 is 11.7 Å². The van der Waals surface area contributed by atoms with Crippen LogP contribution in [-0.2, 0) is 6.54 Å². The lowest BCUT2D eigenvalue weighted by molar-refractivity contribution is 0.251. The molecule has 0 aliphatic rings. The van der Waals surface area contributed by atoms with Crippen LogP contribution in [-0.4, -0.2) is 15.8 Å².